The van der Waals surface area contributed by atoms with Crippen molar-refractivity contribution in [3.8, 4) is 0 Å². The molecule has 140 valence electrons. The SMILES string of the molecule is C=CCCn1c(=O)sc2ccc(C(O)=C3C(=O)C4CCC(C4)C3=O)c(C)c21. The van der Waals surface area contributed by atoms with E-state index in [1.165, 1.54) is 0 Å². The van der Waals surface area contributed by atoms with Gasteiger partial charge in [0.2, 0.25) is 0 Å². The van der Waals surface area contributed by atoms with Crippen LogP contribution in [0, 0.1) is 18.8 Å². The van der Waals surface area contributed by atoms with E-state index in [2.05, 4.69) is 6.58 Å². The van der Waals surface area contributed by atoms with Gasteiger partial charge in [-0.25, -0.2) is 0 Å². The molecule has 2 unspecified atom stereocenters. The largest absolute Gasteiger partial charge is 0.506 e. The fourth-order valence-electron chi connectivity index (χ4n) is 4.37. The van der Waals surface area contributed by atoms with Crippen LogP contribution in [0.15, 0.2) is 35.2 Å². The zero-order chi connectivity index (χ0) is 19.3. The molecule has 27 heavy (non-hydrogen) atoms. The first-order valence-electron chi connectivity index (χ1n) is 9.20. The van der Waals surface area contributed by atoms with Crippen molar-refractivity contribution in [3.05, 3.63) is 51.2 Å². The maximum Gasteiger partial charge on any atom is 0.308 e. The summed E-state index contributed by atoms with van der Waals surface area (Å²) in [6.07, 6.45) is 4.45. The Labute approximate surface area is 160 Å². The molecule has 0 saturated heterocycles. The fraction of sp³-hybridized carbons (Fsp3) is 0.381. The van der Waals surface area contributed by atoms with E-state index >= 15 is 0 Å². The molecule has 4 rings (SSSR count). The third-order valence-corrected chi connectivity index (χ3v) is 6.74. The summed E-state index contributed by atoms with van der Waals surface area (Å²) in [6.45, 7) is 6.02. The number of fused-ring (bicyclic) bond motifs is 3. The van der Waals surface area contributed by atoms with E-state index in [0.717, 1.165) is 34.4 Å². The molecule has 2 atom stereocenters. The van der Waals surface area contributed by atoms with Gasteiger partial charge in [-0.05, 0) is 50.3 Å². The molecule has 2 aliphatic carbocycles. The highest BCUT2D eigenvalue weighted by Crippen LogP contribution is 2.42. The molecule has 1 heterocycles. The maximum absolute atomic E-state index is 12.7. The molecule has 1 aromatic heterocycles. The highest BCUT2D eigenvalue weighted by Gasteiger charge is 2.45. The number of aryl methyl sites for hydroxylation is 2. The standard InChI is InChI=1S/C21H21NO4S/c1-3-4-9-22-17-11(2)14(7-8-15(17)27-21(22)26)20(25)16-18(23)12-5-6-13(10-12)19(16)24/h3,7-8,12-13,25H,1,4-6,9-10H2,2H3. The fourth-order valence-corrected chi connectivity index (χ4v) is 5.35. The van der Waals surface area contributed by atoms with Crippen molar-refractivity contribution in [2.75, 3.05) is 0 Å². The Hall–Kier alpha value is -2.47. The van der Waals surface area contributed by atoms with Gasteiger partial charge < -0.3 is 5.11 Å². The van der Waals surface area contributed by atoms with Crippen LogP contribution in [0.3, 0.4) is 0 Å². The summed E-state index contributed by atoms with van der Waals surface area (Å²) in [5.41, 5.74) is 1.85. The Morgan fingerprint density at radius 2 is 1.93 bits per heavy atom. The number of aliphatic hydroxyl groups is 1. The lowest BCUT2D eigenvalue weighted by atomic mass is 9.81. The Morgan fingerprint density at radius 1 is 1.26 bits per heavy atom. The summed E-state index contributed by atoms with van der Waals surface area (Å²) < 4.78 is 2.50. The number of carbonyl (C=O) groups is 2. The molecule has 2 saturated carbocycles. The Bertz CT molecular complexity index is 1050. The third-order valence-electron chi connectivity index (χ3n) is 5.80. The predicted molar refractivity (Wildman–Crippen MR) is 106 cm³/mol. The van der Waals surface area contributed by atoms with E-state index in [9.17, 15) is 19.5 Å². The lowest BCUT2D eigenvalue weighted by Gasteiger charge is -2.21. The van der Waals surface area contributed by atoms with Crippen molar-refractivity contribution >= 4 is 38.9 Å². The lowest BCUT2D eigenvalue weighted by Crippen LogP contribution is -2.30. The summed E-state index contributed by atoms with van der Waals surface area (Å²) in [7, 11) is 0. The first-order chi connectivity index (χ1) is 12.9. The molecule has 2 aliphatic rings. The highest BCUT2D eigenvalue weighted by molar-refractivity contribution is 7.16. The van der Waals surface area contributed by atoms with E-state index in [-0.39, 0.29) is 39.6 Å². The van der Waals surface area contributed by atoms with Crippen molar-refractivity contribution in [3.63, 3.8) is 0 Å². The quantitative estimate of drug-likeness (QED) is 0.377. The smallest absolute Gasteiger partial charge is 0.308 e. The summed E-state index contributed by atoms with van der Waals surface area (Å²) >= 11 is 1.15. The molecule has 2 bridgehead atoms. The van der Waals surface area contributed by atoms with Crippen molar-refractivity contribution in [2.24, 2.45) is 11.8 Å². The highest BCUT2D eigenvalue weighted by atomic mass is 32.1. The predicted octanol–water partition coefficient (Wildman–Crippen LogP) is 3.78. The third kappa shape index (κ3) is 2.70. The number of rotatable bonds is 4. The molecule has 5 nitrogen and oxygen atoms in total. The molecular weight excluding hydrogens is 362 g/mol. The van der Waals surface area contributed by atoms with Crippen LogP contribution in [-0.4, -0.2) is 21.2 Å². The second-order valence-corrected chi connectivity index (χ2v) is 8.33. The van der Waals surface area contributed by atoms with Crippen LogP contribution >= 0.6 is 11.3 Å². The first kappa shape index (κ1) is 17.9. The molecule has 2 aromatic rings. The number of aromatic nitrogens is 1. The normalized spacial score (nSPS) is 21.9. The number of benzene rings is 1. The number of nitrogens with zero attached hydrogens (tertiary/aromatic N) is 1. The first-order valence-corrected chi connectivity index (χ1v) is 10.0. The lowest BCUT2D eigenvalue weighted by molar-refractivity contribution is -0.127. The van der Waals surface area contributed by atoms with E-state index in [1.807, 2.05) is 6.92 Å². The number of allylic oxidation sites excluding steroid dienone is 2. The molecule has 0 spiro atoms. The average molecular weight is 383 g/mol. The Kier molecular flexibility index (Phi) is 4.38. The monoisotopic (exact) mass is 383 g/mol. The van der Waals surface area contributed by atoms with Crippen LogP contribution in [-0.2, 0) is 16.1 Å². The van der Waals surface area contributed by atoms with Gasteiger partial charge in [0.05, 0.1) is 10.2 Å². The summed E-state index contributed by atoms with van der Waals surface area (Å²) in [6, 6.07) is 3.47. The zero-order valence-electron chi connectivity index (χ0n) is 15.2. The number of hydrogen-bond acceptors (Lipinski definition) is 5. The van der Waals surface area contributed by atoms with Crippen LogP contribution in [0.2, 0.25) is 0 Å². The van der Waals surface area contributed by atoms with Crippen LogP contribution < -0.4 is 4.87 Å². The van der Waals surface area contributed by atoms with Crippen LogP contribution in [0.4, 0.5) is 0 Å². The van der Waals surface area contributed by atoms with E-state index in [0.29, 0.717) is 30.5 Å². The van der Waals surface area contributed by atoms with Crippen molar-refractivity contribution in [2.45, 2.75) is 39.2 Å². The van der Waals surface area contributed by atoms with Crippen molar-refractivity contribution in [1.29, 1.82) is 0 Å². The Balaban J connectivity index is 1.90. The van der Waals surface area contributed by atoms with Crippen molar-refractivity contribution in [1.82, 2.24) is 4.57 Å². The number of ketones is 2. The number of thiazole rings is 1. The van der Waals surface area contributed by atoms with E-state index < -0.39 is 0 Å². The summed E-state index contributed by atoms with van der Waals surface area (Å²) in [5, 5.41) is 10.9. The molecule has 0 aliphatic heterocycles. The minimum Gasteiger partial charge on any atom is -0.506 e. The number of aliphatic hydroxyl groups excluding tert-OH is 1. The van der Waals surface area contributed by atoms with Gasteiger partial charge >= 0.3 is 4.87 Å². The second-order valence-electron chi connectivity index (χ2n) is 7.34. The minimum absolute atomic E-state index is 0.0496. The van der Waals surface area contributed by atoms with Gasteiger partial charge in [0.15, 0.2) is 11.6 Å². The molecular formula is C21H21NO4S. The molecule has 0 radical (unpaired) electrons. The van der Waals surface area contributed by atoms with E-state index in [1.54, 1.807) is 22.8 Å². The van der Waals surface area contributed by atoms with Gasteiger partial charge in [-0.2, -0.15) is 0 Å². The van der Waals surface area contributed by atoms with Crippen LogP contribution in [0.25, 0.3) is 16.0 Å². The summed E-state index contributed by atoms with van der Waals surface area (Å²) in [4.78, 5) is 37.7. The number of carbonyl (C=O) groups excluding carboxylic acids is 2. The van der Waals surface area contributed by atoms with Crippen molar-refractivity contribution < 1.29 is 14.7 Å². The average Bonchev–Trinajstić information content (AvgIpc) is 3.22. The Morgan fingerprint density at radius 3 is 2.56 bits per heavy atom. The molecule has 1 aromatic carbocycles. The molecule has 2 fully saturated rings. The number of hydrogen-bond donors (Lipinski definition) is 1. The zero-order valence-corrected chi connectivity index (χ0v) is 16.0. The van der Waals surface area contributed by atoms with Crippen LogP contribution in [0.1, 0.15) is 36.8 Å². The van der Waals surface area contributed by atoms with Gasteiger partial charge in [0.25, 0.3) is 0 Å². The second kappa shape index (κ2) is 6.60. The maximum atomic E-state index is 12.7. The van der Waals surface area contributed by atoms with Gasteiger partial charge in [-0.1, -0.05) is 17.4 Å². The van der Waals surface area contributed by atoms with Gasteiger partial charge in [-0.15, -0.1) is 6.58 Å². The topological polar surface area (TPSA) is 76.4 Å². The van der Waals surface area contributed by atoms with Crippen LogP contribution in [0.5, 0.6) is 0 Å². The van der Waals surface area contributed by atoms with Gasteiger partial charge in [0, 0.05) is 23.9 Å². The van der Waals surface area contributed by atoms with Gasteiger partial charge in [0.1, 0.15) is 11.3 Å². The minimum atomic E-state index is -0.241. The molecule has 1 N–H and O–H groups in total. The number of Topliss-reactive ketones (excluding diaryl/α,β-unsaturated/α-hetero) is 2. The summed E-state index contributed by atoms with van der Waals surface area (Å²) in [5.74, 6) is -1.02. The molecule has 0 amide bonds. The van der Waals surface area contributed by atoms with E-state index in [4.69, 9.17) is 0 Å². The molecule has 6 heteroatoms. The van der Waals surface area contributed by atoms with Gasteiger partial charge in [-0.3, -0.25) is 19.0 Å².